The maximum Gasteiger partial charge on any atom is 1.00 e. The second-order valence-corrected chi connectivity index (χ2v) is 0.100. The number of hydrogen-bond donors (Lipinski definition) is 0. The molecule has 0 N–H and O–H groups in total. The molecule has 0 aromatic heterocycles. The minimum Gasteiger partial charge on any atom is -0.786 e. The molecule has 0 aromatic carbocycles. The van der Waals surface area contributed by atoms with E-state index in [1.165, 1.54) is 0 Å². The molecule has 0 fully saturated rings. The van der Waals surface area contributed by atoms with E-state index >= 15 is 0 Å². The standard InChI is InChI=1S/CN2.2Li/c2-1-3;;/q-2;2*+1. The van der Waals surface area contributed by atoms with Crippen molar-refractivity contribution in [3.05, 3.63) is 10.8 Å². The molecule has 4 heteroatoms. The minimum absolute atomic E-state index is 0. The van der Waals surface area contributed by atoms with Crippen LogP contribution in [0.4, 0.5) is 0 Å². The first kappa shape index (κ1) is 17.6. The van der Waals surface area contributed by atoms with Gasteiger partial charge in [-0.2, -0.15) is 0 Å². The van der Waals surface area contributed by atoms with E-state index in [0.29, 0.717) is 0 Å². The van der Waals surface area contributed by atoms with E-state index in [1.807, 2.05) is 0 Å². The Balaban J connectivity index is -0.0000000200. The molecule has 2 nitrogen and oxygen atoms in total. The molecule has 0 heterocycles. The smallest absolute Gasteiger partial charge is 0.786 e. The first-order valence-electron chi connectivity index (χ1n) is 0.447. The first-order valence-corrected chi connectivity index (χ1v) is 0.447. The molecule has 0 aliphatic rings. The molecule has 0 amide bonds. The Labute approximate surface area is 54.7 Å². The average Bonchev–Trinajstić information content (AvgIpc) is 0.918. The van der Waals surface area contributed by atoms with Gasteiger partial charge >= 0.3 is 37.7 Å². The van der Waals surface area contributed by atoms with Crippen LogP contribution in [0.2, 0.25) is 0 Å². The van der Waals surface area contributed by atoms with Gasteiger partial charge in [-0.25, -0.2) is 0 Å². The van der Waals surface area contributed by atoms with E-state index in [0.717, 1.165) is 6.01 Å². The van der Waals surface area contributed by atoms with Gasteiger partial charge in [-0.3, -0.25) is 0 Å². The first-order chi connectivity index (χ1) is 1.41. The van der Waals surface area contributed by atoms with E-state index in [4.69, 9.17) is 10.8 Å². The maximum atomic E-state index is 6.88. The molecule has 0 atom stereocenters. The quantitative estimate of drug-likeness (QED) is 0.195. The van der Waals surface area contributed by atoms with Gasteiger partial charge in [-0.1, -0.05) is 0 Å². The zero-order valence-corrected chi connectivity index (χ0v) is 3.39. The summed E-state index contributed by atoms with van der Waals surface area (Å²) in [5, 5.41) is 13.8. The van der Waals surface area contributed by atoms with Crippen molar-refractivity contribution in [2.24, 2.45) is 0 Å². The fourth-order valence-electron chi connectivity index (χ4n) is 0. The van der Waals surface area contributed by atoms with Gasteiger partial charge in [0.25, 0.3) is 0 Å². The van der Waals surface area contributed by atoms with Crippen LogP contribution in [-0.4, -0.2) is 6.01 Å². The molecule has 0 aliphatic heterocycles. The molecule has 0 unspecified atom stereocenters. The summed E-state index contributed by atoms with van der Waals surface area (Å²) in [6, 6.07) is 0.750. The molecule has 0 spiro atoms. The van der Waals surface area contributed by atoms with Crippen molar-refractivity contribution in [2.75, 3.05) is 0 Å². The largest absolute Gasteiger partial charge is 1.00 e. The predicted molar refractivity (Wildman–Crippen MR) is 11.7 cm³/mol. The minimum atomic E-state index is 0. The monoisotopic (exact) mass is 54.0 g/mol. The molecule has 0 bridgehead atoms. The topological polar surface area (TPSA) is 44.6 Å². The van der Waals surface area contributed by atoms with Crippen LogP contribution < -0.4 is 37.7 Å². The van der Waals surface area contributed by atoms with Gasteiger partial charge in [-0.15, -0.1) is 0 Å². The Hall–Kier alpha value is 0.575. The van der Waals surface area contributed by atoms with Crippen molar-refractivity contribution in [2.45, 2.75) is 0 Å². The second kappa shape index (κ2) is 23.6. The molecule has 0 aromatic rings. The zero-order valence-electron chi connectivity index (χ0n) is 3.39. The summed E-state index contributed by atoms with van der Waals surface area (Å²) in [4.78, 5) is 0. The van der Waals surface area contributed by atoms with Gasteiger partial charge < -0.3 is 16.8 Å². The molecule has 16 valence electrons. The van der Waals surface area contributed by atoms with Crippen molar-refractivity contribution < 1.29 is 37.7 Å². The summed E-state index contributed by atoms with van der Waals surface area (Å²) in [5.74, 6) is 0. The number of rotatable bonds is 0. The van der Waals surface area contributed by atoms with Gasteiger partial charge in [-0.05, 0) is 0 Å². The maximum absolute atomic E-state index is 6.88. The normalized spacial score (nSPS) is 1.60. The molecule has 0 radical (unpaired) electrons. The second-order valence-electron chi connectivity index (χ2n) is 0.100. The van der Waals surface area contributed by atoms with Crippen LogP contribution in [0, 0.1) is 0 Å². The van der Waals surface area contributed by atoms with E-state index in [-0.39, 0.29) is 37.7 Å². The van der Waals surface area contributed by atoms with Crippen LogP contribution in [0.5, 0.6) is 0 Å². The summed E-state index contributed by atoms with van der Waals surface area (Å²) in [6.07, 6.45) is 0. The van der Waals surface area contributed by atoms with Gasteiger partial charge in [0.1, 0.15) is 0 Å². The van der Waals surface area contributed by atoms with Gasteiger partial charge in [0, 0.05) is 0 Å². The van der Waals surface area contributed by atoms with E-state index in [1.54, 1.807) is 0 Å². The van der Waals surface area contributed by atoms with Crippen LogP contribution in [-0.2, 0) is 0 Å². The third-order valence-corrected chi connectivity index (χ3v) is 0. The van der Waals surface area contributed by atoms with Crippen LogP contribution in [0.25, 0.3) is 10.8 Å². The van der Waals surface area contributed by atoms with Crippen molar-refractivity contribution in [1.29, 1.82) is 0 Å². The predicted octanol–water partition coefficient (Wildman–Crippen LogP) is -5.69. The van der Waals surface area contributed by atoms with Crippen LogP contribution in [0.3, 0.4) is 0 Å². The van der Waals surface area contributed by atoms with Gasteiger partial charge in [0.05, 0.1) is 0 Å². The van der Waals surface area contributed by atoms with E-state index in [9.17, 15) is 0 Å². The molecular formula is CLi2N2. The van der Waals surface area contributed by atoms with Gasteiger partial charge in [0.15, 0.2) is 0 Å². The Kier molecular flexibility index (Phi) is 83.0. The van der Waals surface area contributed by atoms with Crippen molar-refractivity contribution in [1.82, 2.24) is 0 Å². The Morgan fingerprint density at radius 2 is 1.00 bits per heavy atom. The summed E-state index contributed by atoms with van der Waals surface area (Å²) < 4.78 is 0. The fraction of sp³-hybridized carbons (Fsp3) is 0. The van der Waals surface area contributed by atoms with Crippen LogP contribution >= 0.6 is 0 Å². The number of nitrogens with zero attached hydrogens (tertiary/aromatic N) is 2. The number of hydrogen-bond acceptors (Lipinski definition) is 0. The molecule has 0 aliphatic carbocycles. The van der Waals surface area contributed by atoms with Crippen molar-refractivity contribution in [3.8, 4) is 0 Å². The van der Waals surface area contributed by atoms with Crippen LogP contribution in [0.15, 0.2) is 0 Å². The van der Waals surface area contributed by atoms with Crippen molar-refractivity contribution >= 4 is 6.01 Å². The molecule has 0 saturated carbocycles. The third kappa shape index (κ3) is 91.8. The van der Waals surface area contributed by atoms with Crippen molar-refractivity contribution in [3.63, 3.8) is 0 Å². The summed E-state index contributed by atoms with van der Waals surface area (Å²) in [7, 11) is 0. The Morgan fingerprint density at radius 3 is 1.00 bits per heavy atom. The summed E-state index contributed by atoms with van der Waals surface area (Å²) >= 11 is 0. The molecule has 0 rings (SSSR count). The molecule has 5 heavy (non-hydrogen) atoms. The zero-order chi connectivity index (χ0) is 2.71. The molecule has 0 saturated heterocycles. The molecular weight excluding hydrogens is 53.9 g/mol. The Bertz CT molecular complexity index is 28.6. The SMILES string of the molecule is [Li+].[Li+].[N-]=C=[N-]. The summed E-state index contributed by atoms with van der Waals surface area (Å²) in [6.45, 7) is 0. The summed E-state index contributed by atoms with van der Waals surface area (Å²) in [5.41, 5.74) is 0. The average molecular weight is 53.9 g/mol. The Morgan fingerprint density at radius 1 is 1.00 bits per heavy atom. The fourth-order valence-corrected chi connectivity index (χ4v) is 0. The van der Waals surface area contributed by atoms with Crippen LogP contribution in [0.1, 0.15) is 0 Å². The third-order valence-electron chi connectivity index (χ3n) is 0. The van der Waals surface area contributed by atoms with E-state index in [2.05, 4.69) is 0 Å². The van der Waals surface area contributed by atoms with Gasteiger partial charge in [0.2, 0.25) is 0 Å². The van der Waals surface area contributed by atoms with E-state index < -0.39 is 0 Å².